The van der Waals surface area contributed by atoms with Gasteiger partial charge in [0.2, 0.25) is 0 Å². The van der Waals surface area contributed by atoms with E-state index in [9.17, 15) is 9.22 Å². The highest BCUT2D eigenvalue weighted by molar-refractivity contribution is 5.98. The summed E-state index contributed by atoms with van der Waals surface area (Å²) in [5, 5.41) is 12.6. The van der Waals surface area contributed by atoms with Crippen LogP contribution in [0.1, 0.15) is 142 Å². The second-order valence-electron chi connectivity index (χ2n) is 21.6. The van der Waals surface area contributed by atoms with Crippen LogP contribution in [0.15, 0.2) is 158 Å². The molecule has 0 atom stereocenters. The summed E-state index contributed by atoms with van der Waals surface area (Å²) in [6.45, 7) is 21.1. The fraction of sp³-hybridized carbons (Fsp3) is 0.273. The maximum atomic E-state index is 12.6. The number of phenolic OH excluding ortho intramolecular Hbond substituents is 1. The van der Waals surface area contributed by atoms with E-state index in [4.69, 9.17) is 14.1 Å². The van der Waals surface area contributed by atoms with Crippen molar-refractivity contribution in [3.63, 3.8) is 0 Å². The molecule has 0 radical (unpaired) electrons. The molecule has 1 N–H and O–H groups in total. The predicted molar refractivity (Wildman–Crippen MR) is 298 cm³/mol. The van der Waals surface area contributed by atoms with Crippen molar-refractivity contribution in [1.29, 1.82) is 0 Å². The molecule has 2 heterocycles. The lowest BCUT2D eigenvalue weighted by Gasteiger charge is -2.27. The molecule has 0 fully saturated rings. The zero-order valence-corrected chi connectivity index (χ0v) is 42.8. The smallest absolute Gasteiger partial charge is 0.149 e. The first-order valence-electron chi connectivity index (χ1n) is 27.4. The van der Waals surface area contributed by atoms with Crippen LogP contribution in [0.25, 0.3) is 83.9 Å². The van der Waals surface area contributed by atoms with Gasteiger partial charge in [0.1, 0.15) is 11.6 Å². The number of para-hydroxylation sites is 1. The van der Waals surface area contributed by atoms with E-state index < -0.39 is 29.9 Å². The van der Waals surface area contributed by atoms with E-state index in [1.54, 1.807) is 6.07 Å². The van der Waals surface area contributed by atoms with Crippen molar-refractivity contribution >= 4 is 11.0 Å². The summed E-state index contributed by atoms with van der Waals surface area (Å²) in [6, 6.07) is 50.2. The molecule has 9 aromatic rings. The molecular formula is C66H69N3O. The van der Waals surface area contributed by atoms with Crippen LogP contribution in [0.2, 0.25) is 0 Å². The van der Waals surface area contributed by atoms with Crippen molar-refractivity contribution in [1.82, 2.24) is 14.5 Å². The van der Waals surface area contributed by atoms with Crippen molar-refractivity contribution < 1.29 is 13.3 Å². The minimum atomic E-state index is -2.62. The van der Waals surface area contributed by atoms with E-state index in [-0.39, 0.29) is 16.7 Å². The van der Waals surface area contributed by atoms with Gasteiger partial charge in [-0.25, -0.2) is 4.98 Å². The Bertz CT molecular complexity index is 3620. The third-order valence-corrected chi connectivity index (χ3v) is 13.6. The van der Waals surface area contributed by atoms with Crippen LogP contribution < -0.4 is 0 Å². The van der Waals surface area contributed by atoms with E-state index >= 15 is 0 Å². The molecule has 0 amide bonds. The van der Waals surface area contributed by atoms with Crippen LogP contribution in [-0.2, 0) is 10.8 Å². The van der Waals surface area contributed by atoms with E-state index in [1.807, 2.05) is 143 Å². The molecule has 0 saturated heterocycles. The summed E-state index contributed by atoms with van der Waals surface area (Å²) < 4.78 is 56.0. The minimum Gasteiger partial charge on any atom is -0.507 e. The van der Waals surface area contributed by atoms with Crippen LogP contribution in [-0.4, -0.2) is 19.6 Å². The maximum Gasteiger partial charge on any atom is 0.149 e. The Morgan fingerprint density at radius 2 is 1.13 bits per heavy atom. The highest BCUT2D eigenvalue weighted by Gasteiger charge is 2.29. The van der Waals surface area contributed by atoms with Crippen LogP contribution >= 0.6 is 0 Å². The molecule has 70 heavy (non-hydrogen) atoms. The summed E-state index contributed by atoms with van der Waals surface area (Å²) in [7, 11) is 0. The number of imidazole rings is 1. The molecule has 0 bridgehead atoms. The second kappa shape index (κ2) is 18.7. The van der Waals surface area contributed by atoms with Gasteiger partial charge in [0.05, 0.1) is 28.0 Å². The van der Waals surface area contributed by atoms with E-state index in [2.05, 4.69) is 96.1 Å². The molecule has 0 spiro atoms. The number of benzene rings is 7. The lowest BCUT2D eigenvalue weighted by atomic mass is 9.79. The first-order chi connectivity index (χ1) is 35.4. The number of aromatic nitrogens is 3. The molecule has 9 rings (SSSR count). The first kappa shape index (κ1) is 40.8. The van der Waals surface area contributed by atoms with Crippen molar-refractivity contribution in [3.05, 3.63) is 191 Å². The summed E-state index contributed by atoms with van der Waals surface area (Å²) in [5.41, 5.74) is 14.2. The van der Waals surface area contributed by atoms with Crippen molar-refractivity contribution in [2.24, 2.45) is 0 Å². The second-order valence-corrected chi connectivity index (χ2v) is 21.6. The van der Waals surface area contributed by atoms with Crippen LogP contribution in [0.5, 0.6) is 5.75 Å². The van der Waals surface area contributed by atoms with E-state index in [0.29, 0.717) is 39.2 Å². The number of hydrogen-bond acceptors (Lipinski definition) is 3. The fourth-order valence-corrected chi connectivity index (χ4v) is 9.34. The van der Waals surface area contributed by atoms with Gasteiger partial charge in [0.25, 0.3) is 0 Å². The topological polar surface area (TPSA) is 50.9 Å². The largest absolute Gasteiger partial charge is 0.507 e. The predicted octanol–water partition coefficient (Wildman–Crippen LogP) is 18.4. The summed E-state index contributed by atoms with van der Waals surface area (Å²) in [5.74, 6) is -2.21. The number of aromatic hydroxyl groups is 1. The van der Waals surface area contributed by atoms with E-state index in [0.717, 1.165) is 72.5 Å². The number of rotatable bonds is 10. The summed E-state index contributed by atoms with van der Waals surface area (Å²) >= 11 is 0. The number of phenols is 1. The van der Waals surface area contributed by atoms with Gasteiger partial charge < -0.3 is 5.11 Å². The zero-order valence-electron chi connectivity index (χ0n) is 48.8. The van der Waals surface area contributed by atoms with Gasteiger partial charge in [-0.2, -0.15) is 0 Å². The number of pyridine rings is 1. The van der Waals surface area contributed by atoms with Crippen LogP contribution in [0.4, 0.5) is 0 Å². The van der Waals surface area contributed by atoms with Crippen LogP contribution in [0.3, 0.4) is 0 Å². The lowest BCUT2D eigenvalue weighted by Crippen LogP contribution is -2.17. The quantitative estimate of drug-likeness (QED) is 0.149. The number of nitrogens with zero attached hydrogens (tertiary/aromatic N) is 3. The lowest BCUT2D eigenvalue weighted by molar-refractivity contribution is 0.446. The van der Waals surface area contributed by atoms with Gasteiger partial charge in [-0.3, -0.25) is 9.55 Å². The molecule has 0 saturated carbocycles. The van der Waals surface area contributed by atoms with Gasteiger partial charge in [-0.15, -0.1) is 0 Å². The first-order valence-corrected chi connectivity index (χ1v) is 24.4. The molecular weight excluding hydrogens is 851 g/mol. The van der Waals surface area contributed by atoms with Gasteiger partial charge in [-0.1, -0.05) is 180 Å². The molecule has 0 aliphatic carbocycles. The Morgan fingerprint density at radius 1 is 0.514 bits per heavy atom. The third-order valence-electron chi connectivity index (χ3n) is 13.6. The Labute approximate surface area is 425 Å². The fourth-order valence-electron chi connectivity index (χ4n) is 9.34. The van der Waals surface area contributed by atoms with Crippen LogP contribution in [0, 0.1) is 6.85 Å². The highest BCUT2D eigenvalue weighted by atomic mass is 16.3. The standard InChI is InChI=1S/C66H69N3O/c1-40(2)44-22-24-46(25-23-44)48-28-29-67-59(37-48)54-35-51(45-18-15-14-16-19-45)34-53(36-54)56-20-17-21-61-62(56)68-64(57-38-55(65(8,9)10)39-58(63(57)70)66(11,12)13)69(61)60-27-26-47(30-43(60)7)52-32-49(41(3)4)31-50(33-52)42(5)6/h14-42,70H,1-13H3/i7D3,40D,41D,42D. The van der Waals surface area contributed by atoms with Gasteiger partial charge in [0, 0.05) is 31.1 Å². The molecule has 7 aromatic carbocycles. The molecule has 354 valence electrons. The Morgan fingerprint density at radius 3 is 1.77 bits per heavy atom. The molecule has 0 aliphatic heterocycles. The normalized spacial score (nSPS) is 14.1. The number of fused-ring (bicyclic) bond motifs is 1. The van der Waals surface area contributed by atoms with Crippen molar-refractivity contribution in [2.45, 2.75) is 118 Å². The molecule has 0 unspecified atom stereocenters. The highest BCUT2D eigenvalue weighted by Crippen LogP contribution is 2.46. The molecule has 4 heteroatoms. The minimum absolute atomic E-state index is 0.0726. The van der Waals surface area contributed by atoms with Gasteiger partial charge in [0.15, 0.2) is 0 Å². The Kier molecular flexibility index (Phi) is 10.9. The SMILES string of the molecule is [2H]C([2H])([2H])c1cc(-c2cc(C([2H])(C)C)cc(C([2H])(C)C)c2)ccc1-n1c(-c2cc(C(C)(C)C)cc(C(C)(C)C)c2O)nc2c(-c3cc(-c4ccccc4)cc(-c4cc(-c5ccc(C([2H])(C)C)cc5)ccn4)c3)cccc21. The zero-order chi connectivity index (χ0) is 55.1. The molecule has 0 aliphatic rings. The average molecular weight is 926 g/mol. The summed E-state index contributed by atoms with van der Waals surface area (Å²) in [6.07, 6.45) is 1.83. The van der Waals surface area contributed by atoms with Crippen molar-refractivity contribution in [3.8, 4) is 78.6 Å². The monoisotopic (exact) mass is 926 g/mol. The van der Waals surface area contributed by atoms with E-state index in [1.165, 1.54) is 0 Å². The third kappa shape index (κ3) is 9.49. The Hall–Kier alpha value is -7.04. The maximum absolute atomic E-state index is 12.6. The molecule has 2 aromatic heterocycles. The number of hydrogen-bond donors (Lipinski definition) is 1. The van der Waals surface area contributed by atoms with Gasteiger partial charge >= 0.3 is 0 Å². The number of aryl methyl sites for hydroxylation is 1. The average Bonchev–Trinajstić information content (AvgIpc) is 3.74. The summed E-state index contributed by atoms with van der Waals surface area (Å²) in [4.78, 5) is 10.5. The van der Waals surface area contributed by atoms with Gasteiger partial charge in [-0.05, 0) is 157 Å². The van der Waals surface area contributed by atoms with Crippen molar-refractivity contribution in [2.75, 3.05) is 0 Å². The Balaban J connectivity index is 1.33. The molecule has 4 nitrogen and oxygen atoms in total.